The normalized spacial score (nSPS) is 17.1. The van der Waals surface area contributed by atoms with Crippen LogP contribution in [-0.4, -0.2) is 23.2 Å². The van der Waals surface area contributed by atoms with Gasteiger partial charge in [0.25, 0.3) is 0 Å². The van der Waals surface area contributed by atoms with Crippen molar-refractivity contribution in [1.29, 1.82) is 0 Å². The molecule has 1 aromatic rings. The molecule has 1 saturated carbocycles. The number of aliphatic hydroxyl groups is 1. The number of carbonyl (C=O) groups excluding carboxylic acids is 1. The number of hydrogen-bond donors (Lipinski definition) is 2. The Labute approximate surface area is 119 Å². The molecule has 1 aromatic carbocycles. The van der Waals surface area contributed by atoms with Crippen molar-refractivity contribution in [2.45, 2.75) is 50.5 Å². The zero-order chi connectivity index (χ0) is 14.4. The highest BCUT2D eigenvalue weighted by atomic mass is 19.1. The van der Waals surface area contributed by atoms with Crippen LogP contribution in [0.15, 0.2) is 24.3 Å². The van der Waals surface area contributed by atoms with E-state index in [1.807, 2.05) is 0 Å². The molecule has 0 spiro atoms. The van der Waals surface area contributed by atoms with E-state index in [9.17, 15) is 14.3 Å². The fraction of sp³-hybridized carbons (Fsp3) is 0.562. The molecular formula is C16H22FNO2. The van der Waals surface area contributed by atoms with E-state index in [4.69, 9.17) is 0 Å². The summed E-state index contributed by atoms with van der Waals surface area (Å²) in [6.45, 7) is 0.363. The highest BCUT2D eigenvalue weighted by molar-refractivity contribution is 5.75. The predicted molar refractivity (Wildman–Crippen MR) is 75.8 cm³/mol. The zero-order valence-electron chi connectivity index (χ0n) is 11.7. The Hall–Kier alpha value is -1.42. The number of halogens is 1. The lowest BCUT2D eigenvalue weighted by Gasteiger charge is -2.22. The molecule has 0 bridgehead atoms. The second-order valence-corrected chi connectivity index (χ2v) is 5.69. The third kappa shape index (κ3) is 4.60. The Morgan fingerprint density at radius 1 is 1.25 bits per heavy atom. The van der Waals surface area contributed by atoms with Crippen molar-refractivity contribution in [2.75, 3.05) is 6.54 Å². The van der Waals surface area contributed by atoms with Gasteiger partial charge in [-0.05, 0) is 43.4 Å². The first-order valence-corrected chi connectivity index (χ1v) is 7.31. The third-order valence-electron chi connectivity index (χ3n) is 3.93. The molecule has 1 aliphatic carbocycles. The third-order valence-corrected chi connectivity index (χ3v) is 3.93. The molecule has 1 amide bonds. The van der Waals surface area contributed by atoms with Crippen LogP contribution in [0.5, 0.6) is 0 Å². The molecule has 110 valence electrons. The summed E-state index contributed by atoms with van der Waals surface area (Å²) >= 11 is 0. The van der Waals surface area contributed by atoms with Gasteiger partial charge < -0.3 is 10.4 Å². The summed E-state index contributed by atoms with van der Waals surface area (Å²) in [5.74, 6) is -0.260. The molecule has 2 N–H and O–H groups in total. The van der Waals surface area contributed by atoms with Crippen LogP contribution in [0.3, 0.4) is 0 Å². The monoisotopic (exact) mass is 279 g/mol. The Kier molecular flexibility index (Phi) is 5.12. The van der Waals surface area contributed by atoms with Crippen molar-refractivity contribution >= 4 is 5.91 Å². The molecule has 1 fully saturated rings. The summed E-state index contributed by atoms with van der Waals surface area (Å²) < 4.78 is 12.7. The maximum Gasteiger partial charge on any atom is 0.220 e. The van der Waals surface area contributed by atoms with Gasteiger partial charge in [-0.15, -0.1) is 0 Å². The Bertz CT molecular complexity index is 438. The van der Waals surface area contributed by atoms with E-state index < -0.39 is 5.60 Å². The van der Waals surface area contributed by atoms with Gasteiger partial charge in [0, 0.05) is 13.0 Å². The lowest BCUT2D eigenvalue weighted by molar-refractivity contribution is -0.122. The summed E-state index contributed by atoms with van der Waals surface area (Å²) in [7, 11) is 0. The van der Waals surface area contributed by atoms with Gasteiger partial charge in [-0.2, -0.15) is 0 Å². The maximum absolute atomic E-state index is 12.7. The van der Waals surface area contributed by atoms with Gasteiger partial charge in [-0.25, -0.2) is 4.39 Å². The summed E-state index contributed by atoms with van der Waals surface area (Å²) in [4.78, 5) is 11.7. The van der Waals surface area contributed by atoms with E-state index >= 15 is 0 Å². The number of hydrogen-bond acceptors (Lipinski definition) is 2. The van der Waals surface area contributed by atoms with Crippen molar-refractivity contribution in [1.82, 2.24) is 5.32 Å². The van der Waals surface area contributed by atoms with Gasteiger partial charge in [-0.1, -0.05) is 25.0 Å². The molecule has 20 heavy (non-hydrogen) atoms. The fourth-order valence-electron chi connectivity index (χ4n) is 2.67. The van der Waals surface area contributed by atoms with Gasteiger partial charge in [0.2, 0.25) is 5.91 Å². The van der Waals surface area contributed by atoms with E-state index in [0.29, 0.717) is 13.0 Å². The quantitative estimate of drug-likeness (QED) is 0.841. The van der Waals surface area contributed by atoms with Crippen LogP contribution in [0.25, 0.3) is 0 Å². The Morgan fingerprint density at radius 2 is 1.90 bits per heavy atom. The van der Waals surface area contributed by atoms with Gasteiger partial charge >= 0.3 is 0 Å². The van der Waals surface area contributed by atoms with Crippen LogP contribution in [-0.2, 0) is 11.2 Å². The molecule has 0 unspecified atom stereocenters. The van der Waals surface area contributed by atoms with Crippen LogP contribution in [0.4, 0.5) is 4.39 Å². The SMILES string of the molecule is O=C(CCCc1ccc(F)cc1)NCC1(O)CCCC1. The molecule has 0 aromatic heterocycles. The van der Waals surface area contributed by atoms with Gasteiger partial charge in [0.15, 0.2) is 0 Å². The molecule has 2 rings (SSSR count). The van der Waals surface area contributed by atoms with E-state index in [0.717, 1.165) is 44.1 Å². The van der Waals surface area contributed by atoms with Crippen molar-refractivity contribution in [3.8, 4) is 0 Å². The summed E-state index contributed by atoms with van der Waals surface area (Å²) in [6, 6.07) is 6.36. The molecule has 0 radical (unpaired) electrons. The first-order chi connectivity index (χ1) is 9.57. The first-order valence-electron chi connectivity index (χ1n) is 7.31. The molecule has 4 heteroatoms. The van der Waals surface area contributed by atoms with Gasteiger partial charge in [0.1, 0.15) is 5.82 Å². The number of rotatable bonds is 6. The van der Waals surface area contributed by atoms with Crippen molar-refractivity contribution in [2.24, 2.45) is 0 Å². The highest BCUT2D eigenvalue weighted by Crippen LogP contribution is 2.28. The molecule has 3 nitrogen and oxygen atoms in total. The Morgan fingerprint density at radius 3 is 2.55 bits per heavy atom. The van der Waals surface area contributed by atoms with Crippen LogP contribution >= 0.6 is 0 Å². The minimum absolute atomic E-state index is 0.0209. The summed E-state index contributed by atoms with van der Waals surface area (Å²) in [5, 5.41) is 12.9. The standard InChI is InChI=1S/C16H22FNO2/c17-14-8-6-13(7-9-14)4-3-5-15(19)18-12-16(20)10-1-2-11-16/h6-9,20H,1-5,10-12H2,(H,18,19). The lowest BCUT2D eigenvalue weighted by Crippen LogP contribution is -2.40. The Balaban J connectivity index is 1.64. The van der Waals surface area contributed by atoms with Gasteiger partial charge in [0.05, 0.1) is 5.60 Å². The van der Waals surface area contributed by atoms with E-state index in [2.05, 4.69) is 5.32 Å². The van der Waals surface area contributed by atoms with Crippen molar-refractivity contribution in [3.05, 3.63) is 35.6 Å². The zero-order valence-corrected chi connectivity index (χ0v) is 11.7. The first kappa shape index (κ1) is 15.0. The van der Waals surface area contributed by atoms with E-state index in [1.54, 1.807) is 12.1 Å². The minimum atomic E-state index is -0.688. The smallest absolute Gasteiger partial charge is 0.220 e. The van der Waals surface area contributed by atoms with Crippen molar-refractivity contribution in [3.63, 3.8) is 0 Å². The molecule has 1 aliphatic rings. The van der Waals surface area contributed by atoms with E-state index in [-0.39, 0.29) is 11.7 Å². The van der Waals surface area contributed by atoms with Crippen LogP contribution < -0.4 is 5.32 Å². The second kappa shape index (κ2) is 6.84. The average Bonchev–Trinajstić information content (AvgIpc) is 2.86. The van der Waals surface area contributed by atoms with Crippen LogP contribution in [0.1, 0.15) is 44.1 Å². The number of aryl methyl sites for hydroxylation is 1. The average molecular weight is 279 g/mol. The molecule has 0 saturated heterocycles. The largest absolute Gasteiger partial charge is 0.388 e. The number of amides is 1. The summed E-state index contributed by atoms with van der Waals surface area (Å²) in [6.07, 6.45) is 5.57. The second-order valence-electron chi connectivity index (χ2n) is 5.69. The van der Waals surface area contributed by atoms with Crippen LogP contribution in [0, 0.1) is 5.82 Å². The van der Waals surface area contributed by atoms with Crippen LogP contribution in [0.2, 0.25) is 0 Å². The number of carbonyl (C=O) groups is 1. The molecule has 0 heterocycles. The van der Waals surface area contributed by atoms with Gasteiger partial charge in [-0.3, -0.25) is 4.79 Å². The van der Waals surface area contributed by atoms with Crippen molar-refractivity contribution < 1.29 is 14.3 Å². The van der Waals surface area contributed by atoms with E-state index in [1.165, 1.54) is 12.1 Å². The lowest BCUT2D eigenvalue weighted by atomic mass is 10.0. The molecular weight excluding hydrogens is 257 g/mol. The summed E-state index contributed by atoms with van der Waals surface area (Å²) in [5.41, 5.74) is 0.348. The molecule has 0 aliphatic heterocycles. The number of benzene rings is 1. The predicted octanol–water partition coefficient (Wildman–Crippen LogP) is 2.57. The fourth-order valence-corrected chi connectivity index (χ4v) is 2.67. The topological polar surface area (TPSA) is 49.3 Å². The number of nitrogens with one attached hydrogen (secondary N) is 1. The minimum Gasteiger partial charge on any atom is -0.388 e. The highest BCUT2D eigenvalue weighted by Gasteiger charge is 2.31. The maximum atomic E-state index is 12.7. The molecule has 0 atom stereocenters.